The second-order valence-electron chi connectivity index (χ2n) is 5.74. The van der Waals surface area contributed by atoms with E-state index in [1.54, 1.807) is 0 Å². The molecule has 0 aromatic carbocycles. The number of hydrogen-bond acceptors (Lipinski definition) is 2. The summed E-state index contributed by atoms with van der Waals surface area (Å²) in [6.45, 7) is 11.0. The van der Waals surface area contributed by atoms with E-state index in [-0.39, 0.29) is 5.54 Å². The van der Waals surface area contributed by atoms with Gasteiger partial charge in [-0.05, 0) is 38.0 Å². The summed E-state index contributed by atoms with van der Waals surface area (Å²) in [5.41, 5.74) is 12.3. The molecule has 4 N–H and O–H groups in total. The highest BCUT2D eigenvalue weighted by Crippen LogP contribution is 2.22. The van der Waals surface area contributed by atoms with Gasteiger partial charge in [0.05, 0.1) is 0 Å². The molecular weight excluding hydrogens is 184 g/mol. The van der Waals surface area contributed by atoms with Crippen LogP contribution in [0.3, 0.4) is 0 Å². The van der Waals surface area contributed by atoms with Crippen LogP contribution in [0.25, 0.3) is 0 Å². The van der Waals surface area contributed by atoms with Crippen molar-refractivity contribution < 1.29 is 0 Å². The van der Waals surface area contributed by atoms with E-state index in [2.05, 4.69) is 34.6 Å². The summed E-state index contributed by atoms with van der Waals surface area (Å²) in [5.74, 6) is 1.14. The normalized spacial score (nSPS) is 20.0. The lowest BCUT2D eigenvalue weighted by molar-refractivity contribution is 0.295. The molecular formula is C13H30N2. The van der Waals surface area contributed by atoms with E-state index < -0.39 is 0 Å². The Bertz CT molecular complexity index is 164. The van der Waals surface area contributed by atoms with Crippen LogP contribution in [0.1, 0.15) is 60.3 Å². The zero-order chi connectivity index (χ0) is 12.1. The highest BCUT2D eigenvalue weighted by Gasteiger charge is 2.21. The highest BCUT2D eigenvalue weighted by molar-refractivity contribution is 4.81. The van der Waals surface area contributed by atoms with E-state index in [1.807, 2.05) is 0 Å². The molecule has 92 valence electrons. The van der Waals surface area contributed by atoms with Crippen molar-refractivity contribution in [3.05, 3.63) is 0 Å². The Morgan fingerprint density at radius 3 is 2.07 bits per heavy atom. The summed E-state index contributed by atoms with van der Waals surface area (Å²) < 4.78 is 0. The van der Waals surface area contributed by atoms with Gasteiger partial charge in [0.2, 0.25) is 0 Å². The van der Waals surface area contributed by atoms with Gasteiger partial charge in [-0.25, -0.2) is 0 Å². The lowest BCUT2D eigenvalue weighted by Gasteiger charge is -2.29. The quantitative estimate of drug-likeness (QED) is 0.684. The molecule has 0 fully saturated rings. The van der Waals surface area contributed by atoms with Crippen LogP contribution in [0.5, 0.6) is 0 Å². The van der Waals surface area contributed by atoms with Crippen LogP contribution in [0.2, 0.25) is 0 Å². The van der Waals surface area contributed by atoms with Crippen molar-refractivity contribution in [3.8, 4) is 0 Å². The summed E-state index contributed by atoms with van der Waals surface area (Å²) in [6, 6.07) is 0.308. The van der Waals surface area contributed by atoms with Gasteiger partial charge in [0, 0.05) is 11.6 Å². The molecule has 0 saturated heterocycles. The third-order valence-corrected chi connectivity index (χ3v) is 3.42. The molecule has 2 heteroatoms. The lowest BCUT2D eigenvalue weighted by Crippen LogP contribution is -2.39. The second kappa shape index (κ2) is 6.49. The van der Waals surface area contributed by atoms with Crippen LogP contribution >= 0.6 is 0 Å². The average molecular weight is 214 g/mol. The molecule has 0 bridgehead atoms. The molecule has 0 aromatic heterocycles. The van der Waals surface area contributed by atoms with E-state index in [0.717, 1.165) is 25.7 Å². The van der Waals surface area contributed by atoms with Crippen molar-refractivity contribution in [2.45, 2.75) is 71.9 Å². The third-order valence-electron chi connectivity index (χ3n) is 3.42. The molecule has 0 aliphatic carbocycles. The Balaban J connectivity index is 3.93. The number of hydrogen-bond donors (Lipinski definition) is 2. The van der Waals surface area contributed by atoms with Crippen LogP contribution in [-0.2, 0) is 0 Å². The van der Waals surface area contributed by atoms with E-state index in [4.69, 9.17) is 11.5 Å². The van der Waals surface area contributed by atoms with Crippen molar-refractivity contribution in [3.63, 3.8) is 0 Å². The second-order valence-corrected chi connectivity index (χ2v) is 5.74. The first-order valence-electron chi connectivity index (χ1n) is 6.34. The van der Waals surface area contributed by atoms with E-state index >= 15 is 0 Å². The van der Waals surface area contributed by atoms with E-state index in [0.29, 0.717) is 17.9 Å². The molecule has 3 atom stereocenters. The molecule has 2 nitrogen and oxygen atoms in total. The smallest absolute Gasteiger partial charge is 0.0125 e. The minimum Gasteiger partial charge on any atom is -0.327 e. The molecule has 0 amide bonds. The van der Waals surface area contributed by atoms with Crippen molar-refractivity contribution in [1.82, 2.24) is 0 Å². The fourth-order valence-electron chi connectivity index (χ4n) is 2.10. The predicted octanol–water partition coefficient (Wildman–Crippen LogP) is 2.90. The summed E-state index contributed by atoms with van der Waals surface area (Å²) in [5, 5.41) is 0. The largest absolute Gasteiger partial charge is 0.327 e. The molecule has 0 saturated carbocycles. The number of nitrogens with two attached hydrogens (primary N) is 2. The van der Waals surface area contributed by atoms with Crippen LogP contribution in [-0.4, -0.2) is 11.6 Å². The number of rotatable bonds is 7. The van der Waals surface area contributed by atoms with Crippen LogP contribution < -0.4 is 11.5 Å². The zero-order valence-corrected chi connectivity index (χ0v) is 11.2. The summed E-state index contributed by atoms with van der Waals surface area (Å²) in [4.78, 5) is 0. The van der Waals surface area contributed by atoms with Gasteiger partial charge in [0.1, 0.15) is 0 Å². The maximum absolute atomic E-state index is 6.21. The third kappa shape index (κ3) is 6.16. The lowest BCUT2D eigenvalue weighted by atomic mass is 9.83. The molecule has 0 aliphatic rings. The van der Waals surface area contributed by atoms with Gasteiger partial charge >= 0.3 is 0 Å². The highest BCUT2D eigenvalue weighted by atomic mass is 14.7. The Morgan fingerprint density at radius 1 is 1.13 bits per heavy atom. The minimum absolute atomic E-state index is 0.000288. The molecule has 0 rings (SSSR count). The predicted molar refractivity (Wildman–Crippen MR) is 68.7 cm³/mol. The fraction of sp³-hybridized carbons (Fsp3) is 1.00. The molecule has 0 radical (unpaired) electrons. The zero-order valence-electron chi connectivity index (χ0n) is 11.2. The van der Waals surface area contributed by atoms with Crippen molar-refractivity contribution >= 4 is 0 Å². The monoisotopic (exact) mass is 214 g/mol. The average Bonchev–Trinajstić information content (AvgIpc) is 2.13. The van der Waals surface area contributed by atoms with Gasteiger partial charge < -0.3 is 11.5 Å². The molecule has 0 heterocycles. The van der Waals surface area contributed by atoms with Gasteiger partial charge in [0.15, 0.2) is 0 Å². The molecule has 0 aliphatic heterocycles. The van der Waals surface area contributed by atoms with E-state index in [9.17, 15) is 0 Å². The Labute approximate surface area is 95.8 Å². The Kier molecular flexibility index (Phi) is 6.46. The maximum Gasteiger partial charge on any atom is 0.0125 e. The van der Waals surface area contributed by atoms with Gasteiger partial charge in [0.25, 0.3) is 0 Å². The van der Waals surface area contributed by atoms with Gasteiger partial charge in [-0.2, -0.15) is 0 Å². The van der Waals surface area contributed by atoms with Crippen LogP contribution in [0.4, 0.5) is 0 Å². The summed E-state index contributed by atoms with van der Waals surface area (Å²) in [6.07, 6.45) is 4.50. The topological polar surface area (TPSA) is 52.0 Å². The summed E-state index contributed by atoms with van der Waals surface area (Å²) >= 11 is 0. The fourth-order valence-corrected chi connectivity index (χ4v) is 2.10. The van der Waals surface area contributed by atoms with Crippen LogP contribution in [0, 0.1) is 11.8 Å². The molecule has 15 heavy (non-hydrogen) atoms. The van der Waals surface area contributed by atoms with Gasteiger partial charge in [-0.15, -0.1) is 0 Å². The molecule has 0 aromatic rings. The molecule has 0 spiro atoms. The standard InChI is InChI=1S/C13H30N2/c1-6-8-13(5,15)9-7-11(4)12(14)10(2)3/h10-12H,6-9,14-15H2,1-5H3. The van der Waals surface area contributed by atoms with Gasteiger partial charge in [-0.1, -0.05) is 34.1 Å². The Morgan fingerprint density at radius 2 is 1.67 bits per heavy atom. The van der Waals surface area contributed by atoms with Crippen molar-refractivity contribution in [2.24, 2.45) is 23.3 Å². The SMILES string of the molecule is CCCC(C)(N)CCC(C)C(N)C(C)C. The Hall–Kier alpha value is -0.0800. The van der Waals surface area contributed by atoms with Crippen LogP contribution in [0.15, 0.2) is 0 Å². The van der Waals surface area contributed by atoms with Gasteiger partial charge in [-0.3, -0.25) is 0 Å². The maximum atomic E-state index is 6.21. The first-order valence-corrected chi connectivity index (χ1v) is 6.34. The first kappa shape index (κ1) is 14.9. The minimum atomic E-state index is -0.000288. The summed E-state index contributed by atoms with van der Waals surface area (Å²) in [7, 11) is 0. The molecule has 3 unspecified atom stereocenters. The van der Waals surface area contributed by atoms with Crippen molar-refractivity contribution in [2.75, 3.05) is 0 Å². The first-order chi connectivity index (χ1) is 6.80. The van der Waals surface area contributed by atoms with Crippen molar-refractivity contribution in [1.29, 1.82) is 0 Å². The van der Waals surface area contributed by atoms with E-state index in [1.165, 1.54) is 0 Å².